The molecule has 0 aliphatic rings. The zero-order chi connectivity index (χ0) is 17.9. The number of benzene rings is 2. The highest BCUT2D eigenvalue weighted by atomic mass is 32.2. The van der Waals surface area contributed by atoms with E-state index in [-0.39, 0.29) is 5.91 Å². The first-order valence-electron chi connectivity index (χ1n) is 8.48. The van der Waals surface area contributed by atoms with Crippen molar-refractivity contribution in [3.63, 3.8) is 0 Å². The summed E-state index contributed by atoms with van der Waals surface area (Å²) >= 11 is 1.56. The van der Waals surface area contributed by atoms with E-state index in [1.165, 1.54) is 0 Å². The Balaban J connectivity index is 1.61. The first-order valence-corrected chi connectivity index (χ1v) is 9.63. The Kier molecular flexibility index (Phi) is 8.19. The average Bonchev–Trinajstić information content (AvgIpc) is 2.62. The number of amides is 1. The predicted molar refractivity (Wildman–Crippen MR) is 105 cm³/mol. The van der Waals surface area contributed by atoms with Gasteiger partial charge in [-0.2, -0.15) is 0 Å². The first kappa shape index (κ1) is 19.2. The zero-order valence-corrected chi connectivity index (χ0v) is 15.6. The van der Waals surface area contributed by atoms with Crippen LogP contribution in [0, 0.1) is 6.92 Å². The van der Waals surface area contributed by atoms with E-state index >= 15 is 0 Å². The van der Waals surface area contributed by atoms with Gasteiger partial charge in [-0.1, -0.05) is 25.1 Å². The molecule has 5 heteroatoms. The van der Waals surface area contributed by atoms with Gasteiger partial charge in [0.15, 0.2) is 0 Å². The summed E-state index contributed by atoms with van der Waals surface area (Å²) in [6, 6.07) is 15.4. The third kappa shape index (κ3) is 7.10. The Hall–Kier alpha value is -2.14. The highest BCUT2D eigenvalue weighted by Crippen LogP contribution is 2.18. The van der Waals surface area contributed by atoms with Crippen LogP contribution in [0.25, 0.3) is 0 Å². The normalized spacial score (nSPS) is 10.3. The molecule has 0 aliphatic heterocycles. The standard InChI is InChI=1S/C20H25NO3S/c1-3-12-23-17-8-10-18(11-9-17)24-13-14-25-15-20(22)21-19-7-5-4-6-16(19)2/h4-11H,3,12-15H2,1-2H3,(H,21,22). The average molecular weight is 359 g/mol. The van der Waals surface area contributed by atoms with Crippen molar-refractivity contribution in [2.75, 3.05) is 30.0 Å². The van der Waals surface area contributed by atoms with Gasteiger partial charge in [0.2, 0.25) is 5.91 Å². The molecule has 0 aromatic heterocycles. The molecular weight excluding hydrogens is 334 g/mol. The zero-order valence-electron chi connectivity index (χ0n) is 14.8. The van der Waals surface area contributed by atoms with E-state index in [1.54, 1.807) is 11.8 Å². The molecule has 0 spiro atoms. The molecule has 0 radical (unpaired) electrons. The minimum atomic E-state index is 0.0109. The monoisotopic (exact) mass is 359 g/mol. The van der Waals surface area contributed by atoms with Crippen molar-refractivity contribution >= 4 is 23.4 Å². The van der Waals surface area contributed by atoms with Gasteiger partial charge in [0, 0.05) is 11.4 Å². The maximum Gasteiger partial charge on any atom is 0.234 e. The van der Waals surface area contributed by atoms with E-state index in [2.05, 4.69) is 12.2 Å². The van der Waals surface area contributed by atoms with Gasteiger partial charge in [0.1, 0.15) is 11.5 Å². The van der Waals surface area contributed by atoms with Crippen LogP contribution < -0.4 is 14.8 Å². The lowest BCUT2D eigenvalue weighted by Crippen LogP contribution is -2.15. The smallest absolute Gasteiger partial charge is 0.234 e. The second-order valence-electron chi connectivity index (χ2n) is 5.58. The van der Waals surface area contributed by atoms with Crippen LogP contribution in [0.3, 0.4) is 0 Å². The largest absolute Gasteiger partial charge is 0.494 e. The molecule has 2 aromatic rings. The molecule has 0 heterocycles. The maximum atomic E-state index is 11.9. The Bertz CT molecular complexity index is 658. The number of hydrogen-bond donors (Lipinski definition) is 1. The number of carbonyl (C=O) groups is 1. The summed E-state index contributed by atoms with van der Waals surface area (Å²) in [6.07, 6.45) is 0.993. The van der Waals surface area contributed by atoms with Gasteiger partial charge < -0.3 is 14.8 Å². The van der Waals surface area contributed by atoms with Crippen LogP contribution in [0.1, 0.15) is 18.9 Å². The Morgan fingerprint density at radius 1 is 1.00 bits per heavy atom. The summed E-state index contributed by atoms with van der Waals surface area (Å²) in [5, 5.41) is 2.93. The number of nitrogens with one attached hydrogen (secondary N) is 1. The van der Waals surface area contributed by atoms with Gasteiger partial charge in [0.05, 0.1) is 19.0 Å². The molecule has 0 saturated carbocycles. The van der Waals surface area contributed by atoms with E-state index in [1.807, 2.05) is 55.5 Å². The lowest BCUT2D eigenvalue weighted by Gasteiger charge is -2.09. The van der Waals surface area contributed by atoms with Gasteiger partial charge in [-0.25, -0.2) is 0 Å². The number of rotatable bonds is 10. The summed E-state index contributed by atoms with van der Waals surface area (Å²) in [5.74, 6) is 2.86. The molecule has 1 N–H and O–H groups in total. The summed E-state index contributed by atoms with van der Waals surface area (Å²) in [7, 11) is 0. The second kappa shape index (κ2) is 10.7. The van der Waals surface area contributed by atoms with Crippen molar-refractivity contribution in [2.45, 2.75) is 20.3 Å². The number of aryl methyl sites for hydroxylation is 1. The Morgan fingerprint density at radius 3 is 2.28 bits per heavy atom. The number of ether oxygens (including phenoxy) is 2. The Labute approximate surface area is 153 Å². The number of para-hydroxylation sites is 1. The highest BCUT2D eigenvalue weighted by molar-refractivity contribution is 7.99. The summed E-state index contributed by atoms with van der Waals surface area (Å²) in [4.78, 5) is 11.9. The van der Waals surface area contributed by atoms with E-state index in [0.717, 1.165) is 41.5 Å². The van der Waals surface area contributed by atoms with Gasteiger partial charge in [-0.15, -0.1) is 11.8 Å². The van der Waals surface area contributed by atoms with Gasteiger partial charge in [-0.3, -0.25) is 4.79 Å². The van der Waals surface area contributed by atoms with Crippen molar-refractivity contribution in [3.05, 3.63) is 54.1 Å². The lowest BCUT2D eigenvalue weighted by molar-refractivity contribution is -0.113. The topological polar surface area (TPSA) is 47.6 Å². The first-order chi connectivity index (χ1) is 12.2. The molecule has 0 aliphatic carbocycles. The summed E-state index contributed by atoms with van der Waals surface area (Å²) in [5.41, 5.74) is 1.94. The highest BCUT2D eigenvalue weighted by Gasteiger charge is 2.04. The molecule has 0 atom stereocenters. The molecule has 1 amide bonds. The van der Waals surface area contributed by atoms with Gasteiger partial charge in [0.25, 0.3) is 0 Å². The molecule has 2 rings (SSSR count). The molecular formula is C20H25NO3S. The van der Waals surface area contributed by atoms with Crippen LogP contribution in [0.5, 0.6) is 11.5 Å². The third-order valence-electron chi connectivity index (χ3n) is 3.45. The van der Waals surface area contributed by atoms with E-state index < -0.39 is 0 Å². The van der Waals surface area contributed by atoms with E-state index in [9.17, 15) is 4.79 Å². The van der Waals surface area contributed by atoms with Crippen LogP contribution in [0.15, 0.2) is 48.5 Å². The molecule has 2 aromatic carbocycles. The number of hydrogen-bond acceptors (Lipinski definition) is 4. The fourth-order valence-electron chi connectivity index (χ4n) is 2.13. The van der Waals surface area contributed by atoms with Crippen LogP contribution in [0.4, 0.5) is 5.69 Å². The van der Waals surface area contributed by atoms with Crippen molar-refractivity contribution < 1.29 is 14.3 Å². The molecule has 0 saturated heterocycles. The fourth-order valence-corrected chi connectivity index (χ4v) is 2.74. The van der Waals surface area contributed by atoms with Gasteiger partial charge >= 0.3 is 0 Å². The van der Waals surface area contributed by atoms with Crippen molar-refractivity contribution in [3.8, 4) is 11.5 Å². The second-order valence-corrected chi connectivity index (χ2v) is 6.69. The van der Waals surface area contributed by atoms with Crippen LogP contribution in [-0.4, -0.2) is 30.6 Å². The van der Waals surface area contributed by atoms with Crippen LogP contribution >= 0.6 is 11.8 Å². The number of anilines is 1. The predicted octanol–water partition coefficient (Wildman–Crippen LogP) is 4.53. The molecule has 0 fully saturated rings. The van der Waals surface area contributed by atoms with E-state index in [4.69, 9.17) is 9.47 Å². The number of thioether (sulfide) groups is 1. The minimum absolute atomic E-state index is 0.0109. The van der Waals surface area contributed by atoms with Crippen LogP contribution in [-0.2, 0) is 4.79 Å². The SMILES string of the molecule is CCCOc1ccc(OCCSCC(=O)Nc2ccccc2C)cc1. The Morgan fingerprint density at radius 2 is 1.64 bits per heavy atom. The molecule has 0 unspecified atom stereocenters. The number of carbonyl (C=O) groups excluding carboxylic acids is 1. The summed E-state index contributed by atoms with van der Waals surface area (Å²) < 4.78 is 11.2. The maximum absolute atomic E-state index is 11.9. The quantitative estimate of drug-likeness (QED) is 0.633. The minimum Gasteiger partial charge on any atom is -0.494 e. The molecule has 4 nitrogen and oxygen atoms in total. The fraction of sp³-hybridized carbons (Fsp3) is 0.350. The van der Waals surface area contributed by atoms with E-state index in [0.29, 0.717) is 12.4 Å². The van der Waals surface area contributed by atoms with Crippen LogP contribution in [0.2, 0.25) is 0 Å². The molecule has 134 valence electrons. The third-order valence-corrected chi connectivity index (χ3v) is 4.37. The lowest BCUT2D eigenvalue weighted by atomic mass is 10.2. The molecule has 25 heavy (non-hydrogen) atoms. The molecule has 0 bridgehead atoms. The van der Waals surface area contributed by atoms with Crippen molar-refractivity contribution in [2.24, 2.45) is 0 Å². The van der Waals surface area contributed by atoms with Gasteiger partial charge in [-0.05, 0) is 49.2 Å². The summed E-state index contributed by atoms with van der Waals surface area (Å²) in [6.45, 7) is 5.35. The van der Waals surface area contributed by atoms with Crippen molar-refractivity contribution in [1.82, 2.24) is 0 Å². The van der Waals surface area contributed by atoms with Crippen molar-refractivity contribution in [1.29, 1.82) is 0 Å².